The van der Waals surface area contributed by atoms with Crippen molar-refractivity contribution in [2.24, 2.45) is 0 Å². The van der Waals surface area contributed by atoms with Crippen LogP contribution in [0.2, 0.25) is 0 Å². The van der Waals surface area contributed by atoms with E-state index in [1.807, 2.05) is 0 Å². The predicted molar refractivity (Wildman–Crippen MR) is 176 cm³/mol. The minimum absolute atomic E-state index is 0.0982. The molecule has 0 amide bonds. The van der Waals surface area contributed by atoms with Gasteiger partial charge in [0.25, 0.3) is 0 Å². The van der Waals surface area contributed by atoms with Crippen LogP contribution in [-0.2, 0) is 28.7 Å². The molecule has 45 heavy (non-hydrogen) atoms. The van der Waals surface area contributed by atoms with E-state index < -0.39 is 19.5 Å². The van der Waals surface area contributed by atoms with Gasteiger partial charge >= 0.3 is 7.82 Å². The Kier molecular flexibility index (Phi) is 17.4. The van der Waals surface area contributed by atoms with Crippen molar-refractivity contribution in [3.63, 3.8) is 0 Å². The zero-order chi connectivity index (χ0) is 32.2. The molecule has 2 aromatic heterocycles. The quantitative estimate of drug-likeness (QED) is 0.0756. The fourth-order valence-corrected chi connectivity index (χ4v) is 6.64. The smallest absolute Gasteiger partial charge is 0.382 e. The SMILES string of the molecule is CCCCCCCCCCCCCCCCCOCCCCOP(=O)(O)OC[C@@H]1CC[C@](C#N)(c2ccc3c(N)ncnn23)O1. The average molecular weight is 650 g/mol. The fraction of sp³-hybridized carbons (Fsp3) is 0.788. The van der Waals surface area contributed by atoms with Crippen LogP contribution >= 0.6 is 7.82 Å². The lowest BCUT2D eigenvalue weighted by molar-refractivity contribution is -0.0335. The minimum Gasteiger partial charge on any atom is -0.382 e. The Morgan fingerprint density at radius 1 is 0.956 bits per heavy atom. The lowest BCUT2D eigenvalue weighted by atomic mass is 9.98. The number of ether oxygens (including phenoxy) is 2. The number of phosphoric acid groups is 1. The van der Waals surface area contributed by atoms with E-state index in [0.29, 0.717) is 42.9 Å². The summed E-state index contributed by atoms with van der Waals surface area (Å²) in [6, 6.07) is 5.70. The monoisotopic (exact) mass is 649 g/mol. The number of fused-ring (bicyclic) bond motifs is 1. The van der Waals surface area contributed by atoms with Crippen LogP contribution < -0.4 is 5.73 Å². The van der Waals surface area contributed by atoms with Crippen molar-refractivity contribution < 1.29 is 28.0 Å². The molecule has 254 valence electrons. The largest absolute Gasteiger partial charge is 0.472 e. The molecule has 1 aliphatic rings. The summed E-state index contributed by atoms with van der Waals surface area (Å²) in [4.78, 5) is 14.1. The lowest BCUT2D eigenvalue weighted by Gasteiger charge is -2.22. The second kappa shape index (κ2) is 20.9. The third-order valence-electron chi connectivity index (χ3n) is 8.52. The van der Waals surface area contributed by atoms with Crippen molar-refractivity contribution in [1.82, 2.24) is 14.6 Å². The minimum atomic E-state index is -4.24. The van der Waals surface area contributed by atoms with E-state index in [4.69, 9.17) is 24.3 Å². The van der Waals surface area contributed by atoms with Crippen molar-refractivity contribution in [3.05, 3.63) is 24.2 Å². The Morgan fingerprint density at radius 3 is 2.16 bits per heavy atom. The van der Waals surface area contributed by atoms with Crippen molar-refractivity contribution >= 4 is 19.2 Å². The summed E-state index contributed by atoms with van der Waals surface area (Å²) in [5.74, 6) is 0.298. The third kappa shape index (κ3) is 13.3. The van der Waals surface area contributed by atoms with Gasteiger partial charge in [0, 0.05) is 13.2 Å². The second-order valence-electron chi connectivity index (χ2n) is 12.2. The zero-order valence-corrected chi connectivity index (χ0v) is 28.3. The number of nitrogen functional groups attached to an aromatic ring is 1. The molecule has 1 fully saturated rings. The van der Waals surface area contributed by atoms with Gasteiger partial charge in [0.15, 0.2) is 11.4 Å². The van der Waals surface area contributed by atoms with Gasteiger partial charge < -0.3 is 20.1 Å². The summed E-state index contributed by atoms with van der Waals surface area (Å²) in [5, 5.41) is 14.2. The Hall–Kier alpha value is -2.06. The maximum atomic E-state index is 12.4. The summed E-state index contributed by atoms with van der Waals surface area (Å²) in [7, 11) is -4.24. The maximum Gasteiger partial charge on any atom is 0.472 e. The van der Waals surface area contributed by atoms with Gasteiger partial charge in [0.1, 0.15) is 17.9 Å². The van der Waals surface area contributed by atoms with Gasteiger partial charge in [0.2, 0.25) is 0 Å². The first-order valence-electron chi connectivity index (χ1n) is 17.3. The topological polar surface area (TPSA) is 154 Å². The van der Waals surface area contributed by atoms with Gasteiger partial charge in [-0.05, 0) is 44.2 Å². The number of nitrogens with two attached hydrogens (primary N) is 1. The number of rotatable bonds is 26. The molecule has 12 heteroatoms. The van der Waals surface area contributed by atoms with Gasteiger partial charge in [-0.1, -0.05) is 96.8 Å². The molecule has 0 radical (unpaired) electrons. The van der Waals surface area contributed by atoms with Gasteiger partial charge in [0.05, 0.1) is 25.0 Å². The molecule has 0 aliphatic carbocycles. The number of aromatic nitrogens is 3. The molecule has 0 saturated carbocycles. The first-order chi connectivity index (χ1) is 21.9. The lowest BCUT2D eigenvalue weighted by Crippen LogP contribution is -2.28. The highest BCUT2D eigenvalue weighted by Crippen LogP contribution is 2.46. The normalized spacial score (nSPS) is 19.6. The molecule has 0 aromatic carbocycles. The first kappa shape index (κ1) is 37.4. The van der Waals surface area contributed by atoms with Crippen LogP contribution in [0.1, 0.15) is 135 Å². The molecular formula is C33H56N5O6P. The number of unbranched alkanes of at least 4 members (excludes halogenated alkanes) is 15. The average Bonchev–Trinajstić information content (AvgIpc) is 3.67. The molecule has 0 bridgehead atoms. The summed E-state index contributed by atoms with van der Waals surface area (Å²) in [6.45, 7) is 3.57. The highest BCUT2D eigenvalue weighted by atomic mass is 31.2. The molecule has 1 saturated heterocycles. The summed E-state index contributed by atoms with van der Waals surface area (Å²) < 4.78 is 36.0. The third-order valence-corrected chi connectivity index (χ3v) is 9.50. The second-order valence-corrected chi connectivity index (χ2v) is 13.7. The molecule has 1 aliphatic heterocycles. The Labute approximate surface area is 269 Å². The highest BCUT2D eigenvalue weighted by Gasteiger charge is 2.45. The van der Waals surface area contributed by atoms with E-state index in [0.717, 1.165) is 19.4 Å². The Morgan fingerprint density at radius 2 is 1.53 bits per heavy atom. The molecule has 3 rings (SSSR count). The van der Waals surface area contributed by atoms with Crippen molar-refractivity contribution in [3.8, 4) is 6.07 Å². The van der Waals surface area contributed by atoms with Crippen LogP contribution in [0.15, 0.2) is 18.5 Å². The van der Waals surface area contributed by atoms with E-state index in [-0.39, 0.29) is 13.2 Å². The molecule has 1 unspecified atom stereocenters. The number of hydrogen-bond acceptors (Lipinski definition) is 9. The zero-order valence-electron chi connectivity index (χ0n) is 27.4. The molecule has 3 N–H and O–H groups in total. The van der Waals surface area contributed by atoms with Crippen LogP contribution in [0.3, 0.4) is 0 Å². The number of anilines is 1. The predicted octanol–water partition coefficient (Wildman–Crippen LogP) is 8.01. The number of nitrogens with zero attached hydrogens (tertiary/aromatic N) is 4. The van der Waals surface area contributed by atoms with Crippen LogP contribution in [0.5, 0.6) is 0 Å². The molecule has 0 spiro atoms. The number of hydrogen-bond donors (Lipinski definition) is 2. The Balaban J connectivity index is 1.13. The van der Waals surface area contributed by atoms with Gasteiger partial charge in [-0.15, -0.1) is 0 Å². The van der Waals surface area contributed by atoms with Gasteiger partial charge in [-0.3, -0.25) is 9.05 Å². The van der Waals surface area contributed by atoms with E-state index >= 15 is 0 Å². The van der Waals surface area contributed by atoms with Crippen molar-refractivity contribution in [2.75, 3.05) is 32.2 Å². The van der Waals surface area contributed by atoms with Crippen molar-refractivity contribution in [2.45, 2.75) is 141 Å². The number of nitriles is 1. The van der Waals surface area contributed by atoms with E-state index in [1.165, 1.54) is 96.2 Å². The maximum absolute atomic E-state index is 12.4. The Bertz CT molecular complexity index is 1190. The molecular weight excluding hydrogens is 593 g/mol. The van der Waals surface area contributed by atoms with Crippen LogP contribution in [0, 0.1) is 11.3 Å². The van der Waals surface area contributed by atoms with E-state index in [2.05, 4.69) is 23.1 Å². The molecule has 11 nitrogen and oxygen atoms in total. The van der Waals surface area contributed by atoms with Crippen molar-refractivity contribution in [1.29, 1.82) is 5.26 Å². The van der Waals surface area contributed by atoms with E-state index in [1.54, 1.807) is 16.6 Å². The molecule has 3 atom stereocenters. The molecule has 3 heterocycles. The fourth-order valence-electron chi connectivity index (χ4n) is 5.85. The van der Waals surface area contributed by atoms with E-state index in [9.17, 15) is 14.7 Å². The summed E-state index contributed by atoms with van der Waals surface area (Å²) >= 11 is 0. The number of phosphoric ester groups is 1. The molecule has 2 aromatic rings. The van der Waals surface area contributed by atoms with Crippen LogP contribution in [0.4, 0.5) is 5.82 Å². The highest BCUT2D eigenvalue weighted by molar-refractivity contribution is 7.47. The van der Waals surface area contributed by atoms with Gasteiger partial charge in [-0.2, -0.15) is 10.4 Å². The standard InChI is InChI=1S/C33H56N5O6P/c1-2-3-4-5-6-7-8-9-10-11-12-13-14-15-16-23-41-24-17-18-25-42-45(39,40)43-26-29-21-22-33(27-34,44-29)31-20-19-30-32(35)36-28-37-38(30)31/h19-20,28-29H,2-18,21-26H2,1H3,(H,39,40)(H2,35,36,37)/t29-,33-/m0/s1. The summed E-state index contributed by atoms with van der Waals surface area (Å²) in [6.07, 6.45) is 23.1. The van der Waals surface area contributed by atoms with Gasteiger partial charge in [-0.25, -0.2) is 14.1 Å². The first-order valence-corrected chi connectivity index (χ1v) is 18.8. The van der Waals surface area contributed by atoms with Crippen LogP contribution in [0.25, 0.3) is 5.52 Å². The van der Waals surface area contributed by atoms with Crippen LogP contribution in [-0.4, -0.2) is 52.0 Å². The summed E-state index contributed by atoms with van der Waals surface area (Å²) in [5.41, 5.74) is 5.75.